The third kappa shape index (κ3) is 5.00. The molecule has 0 saturated heterocycles. The molecule has 0 bridgehead atoms. The average molecular weight is 349 g/mol. The Hall–Kier alpha value is -2.96. The van der Waals surface area contributed by atoms with Gasteiger partial charge in [0.1, 0.15) is 17.4 Å². The number of hydrogen-bond acceptors (Lipinski definition) is 4. The maximum Gasteiger partial charge on any atom is 0.341 e. The lowest BCUT2D eigenvalue weighted by Gasteiger charge is -2.15. The largest absolute Gasteiger partial charge is 0.497 e. The van der Waals surface area contributed by atoms with E-state index in [4.69, 9.17) is 9.47 Å². The normalized spacial score (nSPS) is 11.5. The number of carbonyl (C=O) groups is 2. The van der Waals surface area contributed by atoms with Gasteiger partial charge in [-0.2, -0.15) is 0 Å². The van der Waals surface area contributed by atoms with Gasteiger partial charge in [0.2, 0.25) is 0 Å². The predicted molar refractivity (Wildman–Crippen MR) is 86.2 cm³/mol. The first-order valence-corrected chi connectivity index (χ1v) is 7.46. The van der Waals surface area contributed by atoms with Crippen LogP contribution in [-0.4, -0.2) is 25.6 Å². The van der Waals surface area contributed by atoms with E-state index in [0.29, 0.717) is 11.8 Å². The van der Waals surface area contributed by atoms with Crippen LogP contribution in [0.5, 0.6) is 5.75 Å². The molecule has 0 aliphatic rings. The number of rotatable bonds is 6. The number of halogens is 2. The molecule has 2 rings (SSSR count). The zero-order chi connectivity index (χ0) is 18.4. The molecular weight excluding hydrogens is 332 g/mol. The lowest BCUT2D eigenvalue weighted by molar-refractivity contribution is -0.124. The van der Waals surface area contributed by atoms with Gasteiger partial charge in [-0.25, -0.2) is 13.6 Å². The van der Waals surface area contributed by atoms with E-state index in [1.807, 2.05) is 0 Å². The van der Waals surface area contributed by atoms with E-state index in [1.54, 1.807) is 38.3 Å². The highest BCUT2D eigenvalue weighted by molar-refractivity contribution is 5.91. The van der Waals surface area contributed by atoms with Crippen molar-refractivity contribution in [2.75, 3.05) is 13.7 Å². The molecule has 2 aromatic rings. The van der Waals surface area contributed by atoms with Crippen LogP contribution in [0.3, 0.4) is 0 Å². The van der Waals surface area contributed by atoms with E-state index in [2.05, 4.69) is 5.32 Å². The van der Waals surface area contributed by atoms with Crippen molar-refractivity contribution in [2.24, 2.45) is 0 Å². The Kier molecular flexibility index (Phi) is 6.05. The zero-order valence-corrected chi connectivity index (χ0v) is 13.7. The van der Waals surface area contributed by atoms with Gasteiger partial charge in [-0.3, -0.25) is 4.79 Å². The standard InChI is InChI=1S/C18H17F2NO4/c1-11(12-3-6-14(24-2)7-4-12)21-17(22)10-25-18(23)15-8-5-13(19)9-16(15)20/h3-9,11H,10H2,1-2H3,(H,21,22). The van der Waals surface area contributed by atoms with Crippen LogP contribution >= 0.6 is 0 Å². The Morgan fingerprint density at radius 3 is 2.40 bits per heavy atom. The summed E-state index contributed by atoms with van der Waals surface area (Å²) in [6.45, 7) is 1.19. The van der Waals surface area contributed by atoms with Crippen molar-refractivity contribution in [3.63, 3.8) is 0 Å². The van der Waals surface area contributed by atoms with Gasteiger partial charge < -0.3 is 14.8 Å². The van der Waals surface area contributed by atoms with Crippen LogP contribution in [0, 0.1) is 11.6 Å². The number of hydrogen-bond donors (Lipinski definition) is 1. The molecule has 1 atom stereocenters. The fraction of sp³-hybridized carbons (Fsp3) is 0.222. The minimum atomic E-state index is -1.04. The van der Waals surface area contributed by atoms with Crippen molar-refractivity contribution < 1.29 is 27.8 Å². The molecule has 0 spiro atoms. The highest BCUT2D eigenvalue weighted by Crippen LogP contribution is 2.17. The summed E-state index contributed by atoms with van der Waals surface area (Å²) in [5.41, 5.74) is 0.405. The quantitative estimate of drug-likeness (QED) is 0.815. The smallest absolute Gasteiger partial charge is 0.341 e. The Morgan fingerprint density at radius 2 is 1.80 bits per heavy atom. The van der Waals surface area contributed by atoms with Crippen molar-refractivity contribution in [1.82, 2.24) is 5.32 Å². The van der Waals surface area contributed by atoms with Crippen molar-refractivity contribution in [2.45, 2.75) is 13.0 Å². The van der Waals surface area contributed by atoms with E-state index in [-0.39, 0.29) is 6.04 Å². The fourth-order valence-corrected chi connectivity index (χ4v) is 2.12. The molecule has 2 aromatic carbocycles. The minimum absolute atomic E-state index is 0.320. The van der Waals surface area contributed by atoms with Crippen LogP contribution < -0.4 is 10.1 Å². The molecule has 0 aliphatic heterocycles. The highest BCUT2D eigenvalue weighted by Gasteiger charge is 2.16. The Balaban J connectivity index is 1.87. The molecule has 7 heteroatoms. The second-order valence-electron chi connectivity index (χ2n) is 5.26. The fourth-order valence-electron chi connectivity index (χ4n) is 2.12. The van der Waals surface area contributed by atoms with Gasteiger partial charge in [0, 0.05) is 6.07 Å². The second kappa shape index (κ2) is 8.23. The molecule has 0 aromatic heterocycles. The second-order valence-corrected chi connectivity index (χ2v) is 5.26. The first-order valence-electron chi connectivity index (χ1n) is 7.46. The van der Waals surface area contributed by atoms with Crippen LogP contribution in [0.15, 0.2) is 42.5 Å². The minimum Gasteiger partial charge on any atom is -0.497 e. The highest BCUT2D eigenvalue weighted by atomic mass is 19.1. The summed E-state index contributed by atoms with van der Waals surface area (Å²) in [7, 11) is 1.55. The van der Waals surface area contributed by atoms with Gasteiger partial charge in [0.15, 0.2) is 6.61 Å². The molecular formula is C18H17F2NO4. The van der Waals surface area contributed by atoms with Crippen LogP contribution in [0.2, 0.25) is 0 Å². The van der Waals surface area contributed by atoms with Crippen LogP contribution in [0.25, 0.3) is 0 Å². The first kappa shape index (κ1) is 18.4. The number of ether oxygens (including phenoxy) is 2. The summed E-state index contributed by atoms with van der Waals surface area (Å²) in [6, 6.07) is 9.26. The Labute approximate surface area is 143 Å². The van der Waals surface area contributed by atoms with Crippen LogP contribution in [0.1, 0.15) is 28.9 Å². The summed E-state index contributed by atoms with van der Waals surface area (Å²) in [6.07, 6.45) is 0. The number of benzene rings is 2. The number of amides is 1. The third-order valence-corrected chi connectivity index (χ3v) is 3.48. The summed E-state index contributed by atoms with van der Waals surface area (Å²) in [4.78, 5) is 23.6. The molecule has 0 aliphatic carbocycles. The van der Waals surface area contributed by atoms with Gasteiger partial charge in [0.25, 0.3) is 5.91 Å². The molecule has 0 saturated carbocycles. The Bertz CT molecular complexity index is 762. The number of nitrogens with one attached hydrogen (secondary N) is 1. The molecule has 1 N–H and O–H groups in total. The van der Waals surface area contributed by atoms with Crippen molar-refractivity contribution >= 4 is 11.9 Å². The van der Waals surface area contributed by atoms with Gasteiger partial charge in [-0.15, -0.1) is 0 Å². The lowest BCUT2D eigenvalue weighted by Crippen LogP contribution is -2.31. The maximum absolute atomic E-state index is 13.5. The summed E-state index contributed by atoms with van der Waals surface area (Å²) < 4.78 is 36.1. The molecule has 1 amide bonds. The topological polar surface area (TPSA) is 64.6 Å². The summed E-state index contributed by atoms with van der Waals surface area (Å²) in [5.74, 6) is -2.74. The third-order valence-electron chi connectivity index (χ3n) is 3.48. The van der Waals surface area contributed by atoms with E-state index in [0.717, 1.165) is 17.7 Å². The maximum atomic E-state index is 13.5. The number of methoxy groups -OCH3 is 1. The van der Waals surface area contributed by atoms with Crippen molar-refractivity contribution in [1.29, 1.82) is 0 Å². The molecule has 1 unspecified atom stereocenters. The molecule has 0 radical (unpaired) electrons. The van der Waals surface area contributed by atoms with Gasteiger partial charge >= 0.3 is 5.97 Å². The molecule has 25 heavy (non-hydrogen) atoms. The Morgan fingerprint density at radius 1 is 1.12 bits per heavy atom. The van der Waals surface area contributed by atoms with Crippen LogP contribution in [0.4, 0.5) is 8.78 Å². The monoisotopic (exact) mass is 349 g/mol. The number of carbonyl (C=O) groups excluding carboxylic acids is 2. The summed E-state index contributed by atoms with van der Waals surface area (Å²) in [5, 5.41) is 2.65. The molecule has 132 valence electrons. The zero-order valence-electron chi connectivity index (χ0n) is 13.7. The van der Waals surface area contributed by atoms with E-state index in [1.165, 1.54) is 0 Å². The van der Waals surface area contributed by atoms with Crippen molar-refractivity contribution in [3.8, 4) is 5.75 Å². The first-order chi connectivity index (χ1) is 11.9. The van der Waals surface area contributed by atoms with Crippen molar-refractivity contribution in [3.05, 3.63) is 65.2 Å². The SMILES string of the molecule is COc1ccc(C(C)NC(=O)COC(=O)c2ccc(F)cc2F)cc1. The van der Waals surface area contributed by atoms with E-state index in [9.17, 15) is 18.4 Å². The van der Waals surface area contributed by atoms with E-state index >= 15 is 0 Å². The van der Waals surface area contributed by atoms with Gasteiger partial charge in [-0.05, 0) is 36.8 Å². The molecule has 5 nitrogen and oxygen atoms in total. The predicted octanol–water partition coefficient (Wildman–Crippen LogP) is 3.01. The van der Waals surface area contributed by atoms with E-state index < -0.39 is 35.7 Å². The average Bonchev–Trinajstić information content (AvgIpc) is 2.59. The lowest BCUT2D eigenvalue weighted by atomic mass is 10.1. The van der Waals surface area contributed by atoms with Gasteiger partial charge in [-0.1, -0.05) is 12.1 Å². The summed E-state index contributed by atoms with van der Waals surface area (Å²) >= 11 is 0. The number of esters is 1. The van der Waals surface area contributed by atoms with Gasteiger partial charge in [0.05, 0.1) is 18.7 Å². The molecule has 0 fully saturated rings. The molecule has 0 heterocycles. The van der Waals surface area contributed by atoms with Crippen LogP contribution in [-0.2, 0) is 9.53 Å².